The fraction of sp³-hybridized carbons (Fsp3) is 0.778. The van der Waals surface area contributed by atoms with E-state index in [0.29, 0.717) is 0 Å². The molecule has 0 unspecified atom stereocenters. The van der Waals surface area contributed by atoms with Gasteiger partial charge in [0, 0.05) is 0 Å². The molecule has 19 heavy (non-hydrogen) atoms. The molecule has 1 nitrogen and oxygen atoms in total. The molecule has 0 atom stereocenters. The normalized spacial score (nSPS) is 3.47. The number of hydrogen-bond acceptors (Lipinski definition) is 1. The minimum absolute atomic E-state index is 1.25. The van der Waals surface area contributed by atoms with Gasteiger partial charge >= 0.3 is 0 Å². The van der Waals surface area contributed by atoms with Gasteiger partial charge in [0.05, 0.1) is 0 Å². The van der Waals surface area contributed by atoms with Gasteiger partial charge in [0.1, 0.15) is 0 Å². The van der Waals surface area contributed by atoms with Gasteiger partial charge < -0.3 is 5.73 Å². The number of hydrogen-bond donors (Lipinski definition) is 1. The van der Waals surface area contributed by atoms with Gasteiger partial charge in [0.25, 0.3) is 0 Å². The zero-order chi connectivity index (χ0) is 18.1. The third kappa shape index (κ3) is 59500. The Morgan fingerprint density at radius 1 is 0.632 bits per heavy atom. The van der Waals surface area contributed by atoms with Gasteiger partial charge in [0.15, 0.2) is 0 Å². The van der Waals surface area contributed by atoms with Gasteiger partial charge in [-0.2, -0.15) is 0 Å². The Kier molecular flexibility index (Phi) is 2430. The van der Waals surface area contributed by atoms with E-state index in [1.807, 2.05) is 69.2 Å². The monoisotopic (exact) mass is 277 g/mol. The Morgan fingerprint density at radius 3 is 0.684 bits per heavy atom. The predicted molar refractivity (Wildman–Crippen MR) is 102 cm³/mol. The lowest BCUT2D eigenvalue weighted by Crippen LogP contribution is -1.69. The highest BCUT2D eigenvalue weighted by Crippen LogP contribution is 1.56. The lowest BCUT2D eigenvalue weighted by molar-refractivity contribution is 1.09. The molecule has 2 N–H and O–H groups in total. The molecule has 0 aliphatic heterocycles. The lowest BCUT2D eigenvalue weighted by Gasteiger charge is -1.48. The Balaban J connectivity index is -0.0000000124. The average molecular weight is 278 g/mol. The van der Waals surface area contributed by atoms with Crippen LogP contribution < -0.4 is 5.73 Å². The highest BCUT2D eigenvalue weighted by molar-refractivity contribution is 4.89. The first kappa shape index (κ1) is 51.7. The summed E-state index contributed by atoms with van der Waals surface area (Å²) in [5.74, 6) is 5.36. The molecule has 0 spiro atoms. The summed E-state index contributed by atoms with van der Waals surface area (Å²) in [4.78, 5) is 0. The molecule has 0 rings (SSSR count). The Morgan fingerprint density at radius 2 is 0.684 bits per heavy atom. The van der Waals surface area contributed by atoms with E-state index in [-0.39, 0.29) is 0 Å². The summed E-state index contributed by atoms with van der Waals surface area (Å²) in [6.07, 6.45) is 1.25. The molecule has 0 aliphatic rings. The first-order valence-electron chi connectivity index (χ1n) is 7.74. The Labute approximate surface area is 128 Å². The lowest BCUT2D eigenvalue weighted by atomic mass is 10.6. The van der Waals surface area contributed by atoms with Crippen molar-refractivity contribution in [3.05, 3.63) is 13.2 Å². The van der Waals surface area contributed by atoms with Crippen LogP contribution in [0.25, 0.3) is 0 Å². The molecule has 0 heterocycles. The maximum absolute atomic E-state index is 4.50. The maximum atomic E-state index is 4.50. The third-order valence-electron chi connectivity index (χ3n) is 0.250. The Hall–Kier alpha value is -0.740. The van der Waals surface area contributed by atoms with E-state index in [4.69, 9.17) is 0 Å². The molecule has 0 radical (unpaired) electrons. The van der Waals surface area contributed by atoms with Crippen molar-refractivity contribution in [2.24, 2.45) is 5.73 Å². The SMILES string of the molecule is C=C.CC.CC.CC.CC.CC#CC.CCC.CN. The second-order valence-electron chi connectivity index (χ2n) is 1.21. The van der Waals surface area contributed by atoms with E-state index < -0.39 is 0 Å². The standard InChI is InChI=1S/C4H6.C3H8.4C2H6.C2H4.CH5N/c1-3-4-2;1-3-2;6*1-2/h1-2H3;3H2,1-2H3;4*1-2H3;1-2H2;2H2,1H3. The van der Waals surface area contributed by atoms with Crippen LogP contribution in [0.3, 0.4) is 0 Å². The fourth-order valence-electron chi connectivity index (χ4n) is 0. The van der Waals surface area contributed by atoms with Crippen LogP contribution >= 0.6 is 0 Å². The van der Waals surface area contributed by atoms with Crippen LogP contribution in [0.1, 0.15) is 89.5 Å². The summed E-state index contributed by atoms with van der Waals surface area (Å²) < 4.78 is 0. The summed E-state index contributed by atoms with van der Waals surface area (Å²) in [5.41, 5.74) is 4.50. The van der Waals surface area contributed by atoms with Gasteiger partial charge in [-0.1, -0.05) is 75.7 Å². The molecule has 0 saturated carbocycles. The van der Waals surface area contributed by atoms with Crippen molar-refractivity contribution in [1.29, 1.82) is 0 Å². The van der Waals surface area contributed by atoms with Crippen molar-refractivity contribution in [2.75, 3.05) is 7.05 Å². The summed E-state index contributed by atoms with van der Waals surface area (Å²) in [5, 5.41) is 0. The molecule has 0 aromatic rings. The van der Waals surface area contributed by atoms with E-state index in [9.17, 15) is 0 Å². The van der Waals surface area contributed by atoms with Crippen LogP contribution in [0.15, 0.2) is 13.2 Å². The Bertz CT molecular complexity index is 61.5. The van der Waals surface area contributed by atoms with Crippen molar-refractivity contribution < 1.29 is 0 Å². The zero-order valence-corrected chi connectivity index (χ0v) is 16.7. The molecule has 0 aliphatic carbocycles. The van der Waals surface area contributed by atoms with Crippen molar-refractivity contribution >= 4 is 0 Å². The van der Waals surface area contributed by atoms with Gasteiger partial charge in [-0.15, -0.1) is 25.0 Å². The van der Waals surface area contributed by atoms with Gasteiger partial charge in [0.2, 0.25) is 0 Å². The van der Waals surface area contributed by atoms with Crippen molar-refractivity contribution in [1.82, 2.24) is 0 Å². The topological polar surface area (TPSA) is 26.0 Å². The quantitative estimate of drug-likeness (QED) is 0.377. The largest absolute Gasteiger partial charge is 0.333 e. The van der Waals surface area contributed by atoms with Crippen molar-refractivity contribution in [3.63, 3.8) is 0 Å². The van der Waals surface area contributed by atoms with Crippen LogP contribution in [-0.2, 0) is 0 Å². The molecular formula is C18H47N. The first-order chi connectivity index (χ1) is 9.33. The molecule has 124 valence electrons. The fourth-order valence-corrected chi connectivity index (χ4v) is 0. The van der Waals surface area contributed by atoms with Gasteiger partial charge in [-0.3, -0.25) is 0 Å². The molecule has 1 heteroatoms. The molecule has 0 aromatic carbocycles. The second kappa shape index (κ2) is 893. The number of nitrogens with two attached hydrogens (primary N) is 1. The minimum atomic E-state index is 1.25. The highest BCUT2D eigenvalue weighted by Gasteiger charge is 1.35. The maximum Gasteiger partial charge on any atom is -0.00271 e. The molecule has 0 bridgehead atoms. The zero-order valence-electron chi connectivity index (χ0n) is 16.7. The minimum Gasteiger partial charge on any atom is -0.333 e. The smallest absolute Gasteiger partial charge is 0.00271 e. The predicted octanol–water partition coefficient (Wildman–Crippen LogP) is 6.93. The van der Waals surface area contributed by atoms with Crippen LogP contribution in [0.5, 0.6) is 0 Å². The molecular weight excluding hydrogens is 230 g/mol. The highest BCUT2D eigenvalue weighted by atomic mass is 14.4. The van der Waals surface area contributed by atoms with Crippen LogP contribution in [-0.4, -0.2) is 7.05 Å². The van der Waals surface area contributed by atoms with Crippen LogP contribution in [0.2, 0.25) is 0 Å². The summed E-state index contributed by atoms with van der Waals surface area (Å²) in [7, 11) is 1.50. The second-order valence-corrected chi connectivity index (χ2v) is 1.21. The van der Waals surface area contributed by atoms with Gasteiger partial charge in [-0.05, 0) is 20.9 Å². The van der Waals surface area contributed by atoms with Crippen LogP contribution in [0.4, 0.5) is 0 Å². The molecule has 0 amide bonds. The molecule has 0 aromatic heterocycles. The van der Waals surface area contributed by atoms with Gasteiger partial charge in [-0.25, -0.2) is 0 Å². The summed E-state index contributed by atoms with van der Waals surface area (Å²) in [6.45, 7) is 29.9. The van der Waals surface area contributed by atoms with Crippen molar-refractivity contribution in [3.8, 4) is 11.8 Å². The first-order valence-corrected chi connectivity index (χ1v) is 7.74. The summed E-state index contributed by atoms with van der Waals surface area (Å²) >= 11 is 0. The van der Waals surface area contributed by atoms with E-state index in [1.54, 1.807) is 0 Å². The molecule has 0 saturated heterocycles. The van der Waals surface area contributed by atoms with Crippen molar-refractivity contribution in [2.45, 2.75) is 89.5 Å². The van der Waals surface area contributed by atoms with E-state index in [0.717, 1.165) is 0 Å². The summed E-state index contributed by atoms with van der Waals surface area (Å²) in [6, 6.07) is 0. The number of rotatable bonds is 0. The van der Waals surface area contributed by atoms with E-state index >= 15 is 0 Å². The molecule has 0 fully saturated rings. The average Bonchev–Trinajstić information content (AvgIpc) is 2.59. The third-order valence-corrected chi connectivity index (χ3v) is 0.250. The van der Waals surface area contributed by atoms with E-state index in [2.05, 4.69) is 44.6 Å². The van der Waals surface area contributed by atoms with E-state index in [1.165, 1.54) is 13.5 Å². The van der Waals surface area contributed by atoms with Crippen LogP contribution in [0, 0.1) is 11.8 Å².